The smallest absolute Gasteiger partial charge is 0.244 e. The van der Waals surface area contributed by atoms with E-state index in [0.717, 1.165) is 18.7 Å². The minimum Gasteiger partial charge on any atom is -0.372 e. The number of hydrogen-bond acceptors (Lipinski definition) is 2. The summed E-state index contributed by atoms with van der Waals surface area (Å²) in [4.78, 5) is 13.5. The average molecular weight is 288 g/mol. The van der Waals surface area contributed by atoms with E-state index in [1.165, 1.54) is 31.4 Å². The zero-order valence-electron chi connectivity index (χ0n) is 13.4. The third kappa shape index (κ3) is 6.03. The molecule has 0 radical (unpaired) electrons. The van der Waals surface area contributed by atoms with Gasteiger partial charge in [0.05, 0.1) is 0 Å². The molecule has 3 nitrogen and oxygen atoms in total. The minimum atomic E-state index is -0.424. The predicted octanol–water partition coefficient (Wildman–Crippen LogP) is 3.68. The van der Waals surface area contributed by atoms with Crippen LogP contribution in [0.5, 0.6) is 0 Å². The summed E-state index contributed by atoms with van der Waals surface area (Å²) in [5.74, 6) is -0.424. The SMILES string of the molecule is C=C(Cc1ccc(N(CCCC)CCCC)cc1)C(N)=O. The summed E-state index contributed by atoms with van der Waals surface area (Å²) in [6, 6.07) is 8.40. The van der Waals surface area contributed by atoms with Crippen molar-refractivity contribution in [3.63, 3.8) is 0 Å². The van der Waals surface area contributed by atoms with Crippen LogP contribution in [0.2, 0.25) is 0 Å². The van der Waals surface area contributed by atoms with Crippen molar-refractivity contribution in [1.82, 2.24) is 0 Å². The lowest BCUT2D eigenvalue weighted by Gasteiger charge is -2.25. The standard InChI is InChI=1S/C18H28N2O/c1-4-6-12-20(13-7-5-2)17-10-8-16(9-11-17)14-15(3)18(19)21/h8-11H,3-7,12-14H2,1-2H3,(H2,19,21). The molecule has 0 aliphatic carbocycles. The highest BCUT2D eigenvalue weighted by Crippen LogP contribution is 2.18. The van der Waals surface area contributed by atoms with Gasteiger partial charge in [0, 0.05) is 30.8 Å². The normalized spacial score (nSPS) is 10.4. The fourth-order valence-corrected chi connectivity index (χ4v) is 2.23. The van der Waals surface area contributed by atoms with Crippen molar-refractivity contribution in [2.24, 2.45) is 5.73 Å². The fourth-order valence-electron chi connectivity index (χ4n) is 2.23. The van der Waals surface area contributed by atoms with E-state index in [1.807, 2.05) is 0 Å². The molecule has 2 N–H and O–H groups in total. The molecular weight excluding hydrogens is 260 g/mol. The average Bonchev–Trinajstić information content (AvgIpc) is 2.48. The van der Waals surface area contributed by atoms with Gasteiger partial charge in [0.1, 0.15) is 0 Å². The second kappa shape index (κ2) is 9.22. The molecule has 0 atom stereocenters. The molecule has 1 aromatic rings. The summed E-state index contributed by atoms with van der Waals surface area (Å²) in [5.41, 5.74) is 8.01. The van der Waals surface area contributed by atoms with Crippen LogP contribution in [0.1, 0.15) is 45.1 Å². The number of unbranched alkanes of at least 4 members (excludes halogenated alkanes) is 2. The molecule has 1 amide bonds. The first kappa shape index (κ1) is 17.3. The van der Waals surface area contributed by atoms with Crippen molar-refractivity contribution in [2.75, 3.05) is 18.0 Å². The van der Waals surface area contributed by atoms with Crippen LogP contribution in [0.3, 0.4) is 0 Å². The second-order valence-electron chi connectivity index (χ2n) is 5.51. The fraction of sp³-hybridized carbons (Fsp3) is 0.500. The molecule has 21 heavy (non-hydrogen) atoms. The van der Waals surface area contributed by atoms with Gasteiger partial charge in [-0.05, 0) is 30.5 Å². The Bertz CT molecular complexity index is 443. The van der Waals surface area contributed by atoms with E-state index >= 15 is 0 Å². The summed E-state index contributed by atoms with van der Waals surface area (Å²) in [7, 11) is 0. The Morgan fingerprint density at radius 2 is 1.62 bits per heavy atom. The van der Waals surface area contributed by atoms with Gasteiger partial charge in [-0.3, -0.25) is 4.79 Å². The van der Waals surface area contributed by atoms with Crippen LogP contribution in [-0.2, 0) is 11.2 Å². The highest BCUT2D eigenvalue weighted by Gasteiger charge is 2.07. The Hall–Kier alpha value is -1.77. The Morgan fingerprint density at radius 3 is 2.05 bits per heavy atom. The van der Waals surface area contributed by atoms with Crippen LogP contribution in [0, 0.1) is 0 Å². The molecule has 1 aromatic carbocycles. The monoisotopic (exact) mass is 288 g/mol. The van der Waals surface area contributed by atoms with Crippen LogP contribution in [0.15, 0.2) is 36.4 Å². The maximum absolute atomic E-state index is 11.0. The van der Waals surface area contributed by atoms with E-state index in [-0.39, 0.29) is 0 Å². The molecule has 116 valence electrons. The topological polar surface area (TPSA) is 46.3 Å². The maximum atomic E-state index is 11.0. The molecule has 0 spiro atoms. The van der Waals surface area contributed by atoms with Gasteiger partial charge in [-0.1, -0.05) is 45.4 Å². The van der Waals surface area contributed by atoms with Crippen LogP contribution in [0.25, 0.3) is 0 Å². The molecule has 0 saturated carbocycles. The lowest BCUT2D eigenvalue weighted by atomic mass is 10.1. The largest absolute Gasteiger partial charge is 0.372 e. The number of carbonyl (C=O) groups is 1. The van der Waals surface area contributed by atoms with E-state index in [1.54, 1.807) is 0 Å². The summed E-state index contributed by atoms with van der Waals surface area (Å²) in [6.45, 7) is 10.3. The third-order valence-electron chi connectivity index (χ3n) is 3.63. The van der Waals surface area contributed by atoms with Gasteiger partial charge < -0.3 is 10.6 Å². The summed E-state index contributed by atoms with van der Waals surface area (Å²) >= 11 is 0. The summed E-state index contributed by atoms with van der Waals surface area (Å²) in [5, 5.41) is 0. The molecule has 0 bridgehead atoms. The van der Waals surface area contributed by atoms with E-state index in [9.17, 15) is 4.79 Å². The zero-order chi connectivity index (χ0) is 15.7. The number of nitrogens with two attached hydrogens (primary N) is 1. The van der Waals surface area contributed by atoms with Gasteiger partial charge in [0.25, 0.3) is 0 Å². The van der Waals surface area contributed by atoms with E-state index < -0.39 is 5.91 Å². The number of benzene rings is 1. The second-order valence-corrected chi connectivity index (χ2v) is 5.51. The van der Waals surface area contributed by atoms with Crippen molar-refractivity contribution < 1.29 is 4.79 Å². The zero-order valence-corrected chi connectivity index (χ0v) is 13.4. The van der Waals surface area contributed by atoms with Crippen molar-refractivity contribution in [2.45, 2.75) is 46.0 Å². The van der Waals surface area contributed by atoms with Crippen molar-refractivity contribution >= 4 is 11.6 Å². The lowest BCUT2D eigenvalue weighted by molar-refractivity contribution is -0.114. The molecule has 0 aromatic heterocycles. The Labute approximate surface area is 128 Å². The highest BCUT2D eigenvalue weighted by molar-refractivity contribution is 5.91. The number of rotatable bonds is 10. The number of anilines is 1. The molecule has 0 heterocycles. The van der Waals surface area contributed by atoms with Crippen molar-refractivity contribution in [3.05, 3.63) is 42.0 Å². The molecule has 3 heteroatoms. The van der Waals surface area contributed by atoms with E-state index in [4.69, 9.17) is 5.73 Å². The number of carbonyl (C=O) groups excluding carboxylic acids is 1. The van der Waals surface area contributed by atoms with Crippen LogP contribution in [-0.4, -0.2) is 19.0 Å². The van der Waals surface area contributed by atoms with Crippen LogP contribution in [0.4, 0.5) is 5.69 Å². The molecule has 0 saturated heterocycles. The number of primary amides is 1. The first-order valence-electron chi connectivity index (χ1n) is 7.90. The van der Waals surface area contributed by atoms with Gasteiger partial charge in [0.15, 0.2) is 0 Å². The number of amides is 1. The predicted molar refractivity (Wildman–Crippen MR) is 90.5 cm³/mol. The first-order valence-corrected chi connectivity index (χ1v) is 7.90. The maximum Gasteiger partial charge on any atom is 0.244 e. The van der Waals surface area contributed by atoms with Crippen molar-refractivity contribution in [3.8, 4) is 0 Å². The van der Waals surface area contributed by atoms with Gasteiger partial charge >= 0.3 is 0 Å². The van der Waals surface area contributed by atoms with Gasteiger partial charge in [-0.2, -0.15) is 0 Å². The van der Waals surface area contributed by atoms with Gasteiger partial charge in [-0.15, -0.1) is 0 Å². The molecule has 0 unspecified atom stereocenters. The van der Waals surface area contributed by atoms with Gasteiger partial charge in [-0.25, -0.2) is 0 Å². The lowest BCUT2D eigenvalue weighted by Crippen LogP contribution is -2.25. The molecule has 0 aliphatic heterocycles. The number of nitrogens with zero attached hydrogens (tertiary/aromatic N) is 1. The minimum absolute atomic E-state index is 0.424. The first-order chi connectivity index (χ1) is 10.1. The van der Waals surface area contributed by atoms with Crippen LogP contribution < -0.4 is 10.6 Å². The van der Waals surface area contributed by atoms with Crippen molar-refractivity contribution in [1.29, 1.82) is 0 Å². The van der Waals surface area contributed by atoms with E-state index in [2.05, 4.69) is 49.6 Å². The van der Waals surface area contributed by atoms with Gasteiger partial charge in [0.2, 0.25) is 5.91 Å². The summed E-state index contributed by atoms with van der Waals surface area (Å²) in [6.07, 6.45) is 5.37. The third-order valence-corrected chi connectivity index (χ3v) is 3.63. The van der Waals surface area contributed by atoms with Crippen LogP contribution >= 0.6 is 0 Å². The Kier molecular flexibility index (Phi) is 7.59. The molecule has 1 rings (SSSR count). The molecular formula is C18H28N2O. The molecule has 0 fully saturated rings. The van der Waals surface area contributed by atoms with E-state index in [0.29, 0.717) is 12.0 Å². The Morgan fingerprint density at radius 1 is 1.10 bits per heavy atom. The molecule has 0 aliphatic rings. The Balaban J connectivity index is 2.71. The number of hydrogen-bond donors (Lipinski definition) is 1. The highest BCUT2D eigenvalue weighted by atomic mass is 16.1. The quantitative estimate of drug-likeness (QED) is 0.668. The summed E-state index contributed by atoms with van der Waals surface area (Å²) < 4.78 is 0.